The fourth-order valence-electron chi connectivity index (χ4n) is 2.38. The van der Waals surface area contributed by atoms with E-state index in [2.05, 4.69) is 15.9 Å². The Labute approximate surface area is 167 Å². The van der Waals surface area contributed by atoms with Crippen LogP contribution >= 0.6 is 15.9 Å². The molecule has 146 valence electrons. The van der Waals surface area contributed by atoms with E-state index in [1.54, 1.807) is 25.2 Å². The largest absolute Gasteiger partial charge is 0.494 e. The zero-order valence-corrected chi connectivity index (χ0v) is 17.3. The van der Waals surface area contributed by atoms with Crippen LogP contribution in [-0.2, 0) is 20.4 Å². The average molecular weight is 458 g/mol. The molecule has 0 atom stereocenters. The first-order valence-corrected chi connectivity index (χ1v) is 10.9. The number of nitrogens with zero attached hydrogens (tertiary/aromatic N) is 1. The maximum atomic E-state index is 12.8. The lowest BCUT2D eigenvalue weighted by atomic mass is 10.2. The maximum Gasteiger partial charge on any atom is 0.237 e. The summed E-state index contributed by atoms with van der Waals surface area (Å²) in [5.74, 6) is -0.959. The van der Waals surface area contributed by atoms with Crippen LogP contribution < -0.4 is 4.74 Å². The first-order valence-electron chi connectivity index (χ1n) is 8.32. The number of hydrogen-bond donors (Lipinski definition) is 0. The molecule has 5 nitrogen and oxygen atoms in total. The Kier molecular flexibility index (Phi) is 7.79. The molecule has 0 N–H and O–H groups in total. The van der Waals surface area contributed by atoms with Gasteiger partial charge in [-0.1, -0.05) is 28.1 Å². The minimum absolute atomic E-state index is 0.181. The molecule has 2 aromatic carbocycles. The van der Waals surface area contributed by atoms with Crippen molar-refractivity contribution >= 4 is 31.7 Å². The SMILES string of the molecule is CN(CCCOc1ccc(F)cc1)C(=O)CS(=O)(=O)Cc1cccc(Br)c1. The van der Waals surface area contributed by atoms with Crippen LogP contribution in [0.5, 0.6) is 5.75 Å². The van der Waals surface area contributed by atoms with Crippen molar-refractivity contribution < 1.29 is 22.3 Å². The summed E-state index contributed by atoms with van der Waals surface area (Å²) < 4.78 is 43.6. The highest BCUT2D eigenvalue weighted by atomic mass is 79.9. The summed E-state index contributed by atoms with van der Waals surface area (Å²) in [7, 11) is -1.99. The van der Waals surface area contributed by atoms with Crippen LogP contribution in [0.15, 0.2) is 53.0 Å². The Hall–Kier alpha value is -1.93. The molecular formula is C19H21BrFNO4S. The topological polar surface area (TPSA) is 63.7 Å². The van der Waals surface area contributed by atoms with Crippen LogP contribution in [0.3, 0.4) is 0 Å². The fraction of sp³-hybridized carbons (Fsp3) is 0.316. The zero-order valence-electron chi connectivity index (χ0n) is 14.9. The number of carbonyl (C=O) groups excluding carboxylic acids is 1. The molecule has 0 aromatic heterocycles. The van der Waals surface area contributed by atoms with Gasteiger partial charge in [-0.2, -0.15) is 0 Å². The van der Waals surface area contributed by atoms with Gasteiger partial charge in [0.2, 0.25) is 5.91 Å². The average Bonchev–Trinajstić information content (AvgIpc) is 2.59. The third kappa shape index (κ3) is 7.68. The third-order valence-electron chi connectivity index (χ3n) is 3.76. The van der Waals surface area contributed by atoms with E-state index in [1.165, 1.54) is 29.2 Å². The summed E-state index contributed by atoms with van der Waals surface area (Å²) in [4.78, 5) is 13.6. The van der Waals surface area contributed by atoms with E-state index < -0.39 is 21.5 Å². The Morgan fingerprint density at radius 1 is 1.19 bits per heavy atom. The quantitative estimate of drug-likeness (QED) is 0.541. The van der Waals surface area contributed by atoms with E-state index in [9.17, 15) is 17.6 Å². The molecule has 0 bridgehead atoms. The Bertz CT molecular complexity index is 872. The Morgan fingerprint density at radius 2 is 1.89 bits per heavy atom. The van der Waals surface area contributed by atoms with Crippen molar-refractivity contribution in [3.63, 3.8) is 0 Å². The second kappa shape index (κ2) is 9.85. The molecule has 8 heteroatoms. The van der Waals surface area contributed by atoms with Crippen molar-refractivity contribution in [1.82, 2.24) is 4.90 Å². The summed E-state index contributed by atoms with van der Waals surface area (Å²) in [6.07, 6.45) is 0.533. The number of sulfone groups is 1. The number of benzene rings is 2. The van der Waals surface area contributed by atoms with Crippen LogP contribution in [0.25, 0.3) is 0 Å². The highest BCUT2D eigenvalue weighted by molar-refractivity contribution is 9.10. The lowest BCUT2D eigenvalue weighted by molar-refractivity contribution is -0.127. The third-order valence-corrected chi connectivity index (χ3v) is 5.72. The molecule has 0 aliphatic carbocycles. The molecule has 0 fully saturated rings. The Morgan fingerprint density at radius 3 is 2.56 bits per heavy atom. The normalized spacial score (nSPS) is 11.2. The highest BCUT2D eigenvalue weighted by Crippen LogP contribution is 2.15. The lowest BCUT2D eigenvalue weighted by Crippen LogP contribution is -2.34. The van der Waals surface area contributed by atoms with Gasteiger partial charge in [0.15, 0.2) is 9.84 Å². The molecule has 2 rings (SSSR count). The number of rotatable bonds is 9. The van der Waals surface area contributed by atoms with Gasteiger partial charge in [-0.05, 0) is 48.4 Å². The number of ether oxygens (including phenoxy) is 1. The molecule has 2 aromatic rings. The van der Waals surface area contributed by atoms with Crippen LogP contribution in [-0.4, -0.2) is 45.2 Å². The van der Waals surface area contributed by atoms with Gasteiger partial charge in [0.1, 0.15) is 17.3 Å². The van der Waals surface area contributed by atoms with Crippen LogP contribution in [0.4, 0.5) is 4.39 Å². The summed E-state index contributed by atoms with van der Waals surface area (Å²) in [6, 6.07) is 12.7. The minimum Gasteiger partial charge on any atom is -0.494 e. The number of carbonyl (C=O) groups is 1. The first-order chi connectivity index (χ1) is 12.7. The van der Waals surface area contributed by atoms with Crippen LogP contribution in [0.2, 0.25) is 0 Å². The molecule has 0 radical (unpaired) electrons. The monoisotopic (exact) mass is 457 g/mol. The van der Waals surface area contributed by atoms with Gasteiger partial charge in [-0.15, -0.1) is 0 Å². The minimum atomic E-state index is -3.55. The van der Waals surface area contributed by atoms with Gasteiger partial charge in [0, 0.05) is 18.1 Å². The van der Waals surface area contributed by atoms with Gasteiger partial charge in [0.05, 0.1) is 12.4 Å². The van der Waals surface area contributed by atoms with Crippen LogP contribution in [0, 0.1) is 5.82 Å². The van der Waals surface area contributed by atoms with Crippen molar-refractivity contribution in [1.29, 1.82) is 0 Å². The summed E-state index contributed by atoms with van der Waals surface area (Å²) >= 11 is 3.30. The van der Waals surface area contributed by atoms with Gasteiger partial charge in [0.25, 0.3) is 0 Å². The zero-order chi connectivity index (χ0) is 19.9. The van der Waals surface area contributed by atoms with Crippen molar-refractivity contribution in [2.75, 3.05) is 26.0 Å². The second-order valence-corrected chi connectivity index (χ2v) is 9.11. The Balaban J connectivity index is 1.76. The predicted octanol–water partition coefficient (Wildman–Crippen LogP) is 3.43. The molecule has 27 heavy (non-hydrogen) atoms. The summed E-state index contributed by atoms with van der Waals surface area (Å²) in [5, 5.41) is 0. The highest BCUT2D eigenvalue weighted by Gasteiger charge is 2.20. The van der Waals surface area contributed by atoms with E-state index in [-0.39, 0.29) is 11.6 Å². The van der Waals surface area contributed by atoms with E-state index in [4.69, 9.17) is 4.74 Å². The first kappa shape index (κ1) is 21.4. The molecule has 1 amide bonds. The van der Waals surface area contributed by atoms with E-state index in [0.717, 1.165) is 4.47 Å². The molecule has 0 saturated carbocycles. The van der Waals surface area contributed by atoms with Crippen molar-refractivity contribution in [2.45, 2.75) is 12.2 Å². The van der Waals surface area contributed by atoms with Crippen LogP contribution in [0.1, 0.15) is 12.0 Å². The molecule has 0 aliphatic rings. The summed E-state index contributed by atoms with van der Waals surface area (Å²) in [5.41, 5.74) is 0.632. The second-order valence-electron chi connectivity index (χ2n) is 6.13. The predicted molar refractivity (Wildman–Crippen MR) is 106 cm³/mol. The van der Waals surface area contributed by atoms with E-state index in [1.807, 2.05) is 6.07 Å². The number of hydrogen-bond acceptors (Lipinski definition) is 4. The fourth-order valence-corrected chi connectivity index (χ4v) is 4.21. The van der Waals surface area contributed by atoms with Gasteiger partial charge < -0.3 is 9.64 Å². The van der Waals surface area contributed by atoms with Crippen molar-refractivity contribution in [2.24, 2.45) is 0 Å². The van der Waals surface area contributed by atoms with Crippen molar-refractivity contribution in [3.8, 4) is 5.75 Å². The molecular weight excluding hydrogens is 437 g/mol. The number of halogens is 2. The molecule has 0 unspecified atom stereocenters. The van der Waals surface area contributed by atoms with E-state index in [0.29, 0.717) is 30.9 Å². The standard InChI is InChI=1S/C19H21BrFNO4S/c1-22(10-3-11-26-18-8-6-17(21)7-9-18)19(23)14-27(24,25)13-15-4-2-5-16(20)12-15/h2,4-9,12H,3,10-11,13-14H2,1H3. The smallest absolute Gasteiger partial charge is 0.237 e. The van der Waals surface area contributed by atoms with Crippen molar-refractivity contribution in [3.05, 3.63) is 64.4 Å². The molecule has 0 saturated heterocycles. The lowest BCUT2D eigenvalue weighted by Gasteiger charge is -2.17. The molecule has 0 heterocycles. The van der Waals surface area contributed by atoms with Gasteiger partial charge >= 0.3 is 0 Å². The molecule has 0 spiro atoms. The van der Waals surface area contributed by atoms with Gasteiger partial charge in [-0.3, -0.25) is 4.79 Å². The number of amides is 1. The summed E-state index contributed by atoms with van der Waals surface area (Å²) in [6.45, 7) is 0.709. The maximum absolute atomic E-state index is 12.8. The van der Waals surface area contributed by atoms with Gasteiger partial charge in [-0.25, -0.2) is 12.8 Å². The molecule has 0 aliphatic heterocycles. The van der Waals surface area contributed by atoms with E-state index >= 15 is 0 Å².